The van der Waals surface area contributed by atoms with E-state index in [1.807, 2.05) is 30.1 Å². The maximum Gasteiger partial charge on any atom is 0.234 e. The van der Waals surface area contributed by atoms with Gasteiger partial charge in [0.25, 0.3) is 0 Å². The Morgan fingerprint density at radius 3 is 2.38 bits per heavy atom. The number of amides is 1. The van der Waals surface area contributed by atoms with E-state index < -0.39 is 0 Å². The summed E-state index contributed by atoms with van der Waals surface area (Å²) in [7, 11) is 1.92. The van der Waals surface area contributed by atoms with Crippen LogP contribution in [0.4, 0.5) is 0 Å². The second kappa shape index (κ2) is 7.22. The van der Waals surface area contributed by atoms with E-state index in [0.717, 1.165) is 30.8 Å². The summed E-state index contributed by atoms with van der Waals surface area (Å²) in [6.07, 6.45) is 2.50. The molecule has 2 heterocycles. The highest BCUT2D eigenvalue weighted by Gasteiger charge is 2.39. The summed E-state index contributed by atoms with van der Waals surface area (Å²) in [5.41, 5.74) is 3.21. The summed E-state index contributed by atoms with van der Waals surface area (Å²) < 4.78 is 0. The molecule has 136 valence electrons. The molecule has 3 nitrogen and oxygen atoms in total. The van der Waals surface area contributed by atoms with Gasteiger partial charge in [-0.15, -0.1) is 0 Å². The van der Waals surface area contributed by atoms with E-state index in [0.29, 0.717) is 10.0 Å². The molecule has 5 heteroatoms. The SMILES string of the molecule is CN1C(=O)[C@H](c2ccc(Cl)c(Cl)c2)c2ccccc2[C@@H]1CN1CCCC1. The topological polar surface area (TPSA) is 23.6 Å². The van der Waals surface area contributed by atoms with E-state index in [9.17, 15) is 4.79 Å². The summed E-state index contributed by atoms with van der Waals surface area (Å²) in [4.78, 5) is 17.7. The third-order valence-electron chi connectivity index (χ3n) is 5.63. The monoisotopic (exact) mass is 388 g/mol. The van der Waals surface area contributed by atoms with Gasteiger partial charge in [-0.05, 0) is 54.8 Å². The van der Waals surface area contributed by atoms with E-state index in [4.69, 9.17) is 23.2 Å². The van der Waals surface area contributed by atoms with Crippen LogP contribution in [-0.2, 0) is 4.79 Å². The molecule has 2 aliphatic heterocycles. The maximum absolute atomic E-state index is 13.3. The molecule has 0 N–H and O–H groups in total. The Morgan fingerprint density at radius 1 is 1.00 bits per heavy atom. The molecule has 1 fully saturated rings. The average Bonchev–Trinajstić information content (AvgIpc) is 3.15. The predicted octanol–water partition coefficient (Wildman–Crippen LogP) is 4.73. The molecular formula is C21H22Cl2N2O. The molecular weight excluding hydrogens is 367 g/mol. The standard InChI is InChI=1S/C21H22Cl2N2O/c1-24-19(13-25-10-4-5-11-25)15-6-2-3-7-16(15)20(21(24)26)14-8-9-17(22)18(23)12-14/h2-3,6-9,12,19-20H,4-5,10-11,13H2,1H3/t19-,20+/m0/s1. The molecule has 0 aliphatic carbocycles. The Hall–Kier alpha value is -1.55. The van der Waals surface area contributed by atoms with Crippen LogP contribution in [0.5, 0.6) is 0 Å². The fourth-order valence-electron chi connectivity index (χ4n) is 4.22. The number of hydrogen-bond acceptors (Lipinski definition) is 2. The second-order valence-corrected chi connectivity index (χ2v) is 8.02. The van der Waals surface area contributed by atoms with E-state index in [-0.39, 0.29) is 17.9 Å². The van der Waals surface area contributed by atoms with Crippen molar-refractivity contribution in [2.45, 2.75) is 24.8 Å². The number of halogens is 2. The van der Waals surface area contributed by atoms with Crippen LogP contribution in [0.25, 0.3) is 0 Å². The molecule has 0 radical (unpaired) electrons. The summed E-state index contributed by atoms with van der Waals surface area (Å²) in [5.74, 6) is -0.216. The van der Waals surface area contributed by atoms with Crippen molar-refractivity contribution in [3.8, 4) is 0 Å². The van der Waals surface area contributed by atoms with Gasteiger partial charge in [0.15, 0.2) is 0 Å². The molecule has 0 spiro atoms. The van der Waals surface area contributed by atoms with Gasteiger partial charge in [-0.3, -0.25) is 4.79 Å². The minimum Gasteiger partial charge on any atom is -0.337 e. The van der Waals surface area contributed by atoms with Crippen molar-refractivity contribution in [2.24, 2.45) is 0 Å². The highest BCUT2D eigenvalue weighted by atomic mass is 35.5. The van der Waals surface area contributed by atoms with Crippen molar-refractivity contribution in [2.75, 3.05) is 26.7 Å². The third kappa shape index (κ3) is 3.13. The number of carbonyl (C=O) groups is 1. The maximum atomic E-state index is 13.3. The van der Waals surface area contributed by atoms with E-state index in [1.165, 1.54) is 18.4 Å². The van der Waals surface area contributed by atoms with E-state index in [2.05, 4.69) is 23.1 Å². The second-order valence-electron chi connectivity index (χ2n) is 7.21. The van der Waals surface area contributed by atoms with Crippen molar-refractivity contribution in [1.82, 2.24) is 9.80 Å². The zero-order chi connectivity index (χ0) is 18.3. The quantitative estimate of drug-likeness (QED) is 0.758. The number of likely N-dealkylation sites (tertiary alicyclic amines) is 1. The zero-order valence-corrected chi connectivity index (χ0v) is 16.3. The van der Waals surface area contributed by atoms with Crippen LogP contribution in [0.2, 0.25) is 10.0 Å². The van der Waals surface area contributed by atoms with Crippen LogP contribution in [0.3, 0.4) is 0 Å². The van der Waals surface area contributed by atoms with E-state index >= 15 is 0 Å². The zero-order valence-electron chi connectivity index (χ0n) is 14.8. The molecule has 4 rings (SSSR count). The molecule has 2 aromatic rings. The van der Waals surface area contributed by atoms with Crippen LogP contribution >= 0.6 is 23.2 Å². The summed E-state index contributed by atoms with van der Waals surface area (Å²) in [6.45, 7) is 3.14. The number of rotatable bonds is 3. The number of nitrogens with zero attached hydrogens (tertiary/aromatic N) is 2. The number of likely N-dealkylation sites (N-methyl/N-ethyl adjacent to an activating group) is 1. The van der Waals surface area contributed by atoms with Gasteiger partial charge in [-0.25, -0.2) is 0 Å². The number of benzene rings is 2. The van der Waals surface area contributed by atoms with Gasteiger partial charge in [-0.1, -0.05) is 53.5 Å². The van der Waals surface area contributed by atoms with Crippen LogP contribution in [0.15, 0.2) is 42.5 Å². The Bertz CT molecular complexity index is 833. The lowest BCUT2D eigenvalue weighted by atomic mass is 9.81. The smallest absolute Gasteiger partial charge is 0.234 e. The lowest BCUT2D eigenvalue weighted by molar-refractivity contribution is -0.134. The molecule has 26 heavy (non-hydrogen) atoms. The van der Waals surface area contributed by atoms with Gasteiger partial charge >= 0.3 is 0 Å². The average molecular weight is 389 g/mol. The molecule has 1 amide bonds. The van der Waals surface area contributed by atoms with Crippen molar-refractivity contribution < 1.29 is 4.79 Å². The van der Waals surface area contributed by atoms with Gasteiger partial charge in [0.1, 0.15) is 0 Å². The minimum atomic E-state index is -0.333. The largest absolute Gasteiger partial charge is 0.337 e. The third-order valence-corrected chi connectivity index (χ3v) is 6.37. The first-order chi connectivity index (χ1) is 12.6. The van der Waals surface area contributed by atoms with Crippen LogP contribution in [0.1, 0.15) is 41.5 Å². The molecule has 0 aromatic heterocycles. The van der Waals surface area contributed by atoms with Crippen LogP contribution in [-0.4, -0.2) is 42.4 Å². The first-order valence-corrected chi connectivity index (χ1v) is 9.84. The molecule has 2 aliphatic rings. The number of hydrogen-bond donors (Lipinski definition) is 0. The van der Waals surface area contributed by atoms with Gasteiger partial charge in [-0.2, -0.15) is 0 Å². The summed E-state index contributed by atoms with van der Waals surface area (Å²) >= 11 is 12.3. The van der Waals surface area contributed by atoms with E-state index in [1.54, 1.807) is 6.07 Å². The molecule has 2 aromatic carbocycles. The predicted molar refractivity (Wildman–Crippen MR) is 106 cm³/mol. The highest BCUT2D eigenvalue weighted by molar-refractivity contribution is 6.42. The lowest BCUT2D eigenvalue weighted by Crippen LogP contribution is -2.45. The molecule has 2 atom stereocenters. The van der Waals surface area contributed by atoms with Crippen molar-refractivity contribution in [3.63, 3.8) is 0 Å². The molecule has 0 saturated carbocycles. The van der Waals surface area contributed by atoms with Gasteiger partial charge in [0, 0.05) is 13.6 Å². The van der Waals surface area contributed by atoms with Crippen molar-refractivity contribution in [3.05, 3.63) is 69.2 Å². The van der Waals surface area contributed by atoms with Crippen LogP contribution in [0, 0.1) is 0 Å². The van der Waals surface area contributed by atoms with Crippen LogP contribution < -0.4 is 0 Å². The van der Waals surface area contributed by atoms with Crippen molar-refractivity contribution in [1.29, 1.82) is 0 Å². The van der Waals surface area contributed by atoms with Gasteiger partial charge in [0.2, 0.25) is 5.91 Å². The Morgan fingerprint density at radius 2 is 1.69 bits per heavy atom. The van der Waals surface area contributed by atoms with Crippen molar-refractivity contribution >= 4 is 29.1 Å². The normalized spacial score (nSPS) is 23.3. The summed E-state index contributed by atoms with van der Waals surface area (Å²) in [5, 5.41) is 0.989. The highest BCUT2D eigenvalue weighted by Crippen LogP contribution is 2.41. The Balaban J connectivity index is 1.76. The Kier molecular flexibility index (Phi) is 4.96. The fourth-order valence-corrected chi connectivity index (χ4v) is 4.53. The minimum absolute atomic E-state index is 0.0934. The Labute approximate surface area is 164 Å². The number of fused-ring (bicyclic) bond motifs is 1. The summed E-state index contributed by atoms with van der Waals surface area (Å²) in [6, 6.07) is 13.9. The molecule has 0 unspecified atom stereocenters. The first-order valence-electron chi connectivity index (χ1n) is 9.09. The van der Waals surface area contributed by atoms with Gasteiger partial charge < -0.3 is 9.80 Å². The van der Waals surface area contributed by atoms with Gasteiger partial charge in [0.05, 0.1) is 22.0 Å². The molecule has 0 bridgehead atoms. The first kappa shape index (κ1) is 17.8. The lowest BCUT2D eigenvalue weighted by Gasteiger charge is -2.40. The fraction of sp³-hybridized carbons (Fsp3) is 0.381. The molecule has 1 saturated heterocycles. The number of carbonyl (C=O) groups excluding carboxylic acids is 1.